The number of alkyl halides is 2. The quantitative estimate of drug-likeness (QED) is 0.603. The lowest BCUT2D eigenvalue weighted by molar-refractivity contribution is -0.106. The molecule has 0 radical (unpaired) electrons. The highest BCUT2D eigenvalue weighted by Crippen LogP contribution is 2.42. The summed E-state index contributed by atoms with van der Waals surface area (Å²) in [5.74, 6) is -2.79. The molecule has 3 rings (SSSR count). The lowest BCUT2D eigenvalue weighted by atomic mass is 9.79. The number of fused-ring (bicyclic) bond motifs is 3. The van der Waals surface area contributed by atoms with E-state index in [1.165, 1.54) is 0 Å². The number of pyridine rings is 2. The molecule has 0 aliphatic rings. The van der Waals surface area contributed by atoms with Crippen LogP contribution in [-0.2, 0) is 6.42 Å². The summed E-state index contributed by atoms with van der Waals surface area (Å²) in [6.45, 7) is 5.05. The molecule has 0 unspecified atom stereocenters. The van der Waals surface area contributed by atoms with Gasteiger partial charge in [-0.15, -0.1) is 0 Å². The first-order valence-corrected chi connectivity index (χ1v) is 7.85. The summed E-state index contributed by atoms with van der Waals surface area (Å²) in [5.41, 5.74) is 1.02. The number of benzene rings is 1. The van der Waals surface area contributed by atoms with Gasteiger partial charge in [0, 0.05) is 35.0 Å². The average Bonchev–Trinajstić information content (AvgIpc) is 2.54. The maximum atomic E-state index is 14.8. The van der Waals surface area contributed by atoms with Gasteiger partial charge in [0.1, 0.15) is 0 Å². The normalized spacial score (nSPS) is 12.9. The van der Waals surface area contributed by atoms with Crippen LogP contribution in [-0.4, -0.2) is 15.9 Å². The molecule has 0 saturated heterocycles. The second-order valence-electron chi connectivity index (χ2n) is 6.63. The molecule has 4 heteroatoms. The largest absolute Gasteiger partial charge is 0.257 e. The van der Waals surface area contributed by atoms with Crippen molar-refractivity contribution in [3.63, 3.8) is 0 Å². The highest BCUT2D eigenvalue weighted by molar-refractivity contribution is 6.04. The van der Waals surface area contributed by atoms with Crippen LogP contribution in [0.25, 0.3) is 21.8 Å². The Kier molecular flexibility index (Phi) is 3.78. The van der Waals surface area contributed by atoms with E-state index < -0.39 is 11.3 Å². The van der Waals surface area contributed by atoms with Gasteiger partial charge in [-0.2, -0.15) is 0 Å². The van der Waals surface area contributed by atoms with Gasteiger partial charge in [-0.05, 0) is 30.2 Å². The summed E-state index contributed by atoms with van der Waals surface area (Å²) in [6.07, 6.45) is 3.51. The van der Waals surface area contributed by atoms with Gasteiger partial charge in [0.2, 0.25) is 0 Å². The van der Waals surface area contributed by atoms with Gasteiger partial charge in [0.25, 0.3) is 5.92 Å². The molecule has 120 valence electrons. The summed E-state index contributed by atoms with van der Waals surface area (Å²) in [7, 11) is 0. The zero-order valence-corrected chi connectivity index (χ0v) is 13.6. The Bertz CT molecular complexity index is 856. The Hall–Kier alpha value is -2.10. The van der Waals surface area contributed by atoms with E-state index in [0.717, 1.165) is 16.3 Å². The van der Waals surface area contributed by atoms with Crippen molar-refractivity contribution in [2.75, 3.05) is 0 Å². The van der Waals surface area contributed by atoms with Gasteiger partial charge >= 0.3 is 0 Å². The smallest absolute Gasteiger partial charge is 0.254 e. The minimum Gasteiger partial charge on any atom is -0.254 e. The predicted octanol–water partition coefficient (Wildman–Crippen LogP) is 5.40. The van der Waals surface area contributed by atoms with Crippen LogP contribution >= 0.6 is 0 Å². The molecule has 0 spiro atoms. The van der Waals surface area contributed by atoms with Crippen LogP contribution in [0.4, 0.5) is 8.78 Å². The summed E-state index contributed by atoms with van der Waals surface area (Å²) in [6, 6.07) is 9.16. The van der Waals surface area contributed by atoms with Crippen LogP contribution < -0.4 is 0 Å². The van der Waals surface area contributed by atoms with Crippen LogP contribution in [0.3, 0.4) is 0 Å². The Morgan fingerprint density at radius 1 is 1.00 bits per heavy atom. The molecule has 0 N–H and O–H groups in total. The average molecular weight is 314 g/mol. The van der Waals surface area contributed by atoms with Crippen molar-refractivity contribution in [2.45, 2.75) is 39.5 Å². The molecule has 0 aliphatic heterocycles. The topological polar surface area (TPSA) is 25.8 Å². The monoisotopic (exact) mass is 314 g/mol. The van der Waals surface area contributed by atoms with Crippen molar-refractivity contribution in [3.8, 4) is 0 Å². The molecular weight excluding hydrogens is 294 g/mol. The maximum absolute atomic E-state index is 14.8. The SMILES string of the molecule is CCC(C)(C)C(F)(F)Cc1cc2cccnc2c2ncccc12. The molecule has 0 atom stereocenters. The molecule has 3 aromatic rings. The van der Waals surface area contributed by atoms with E-state index in [-0.39, 0.29) is 6.42 Å². The Labute approximate surface area is 134 Å². The van der Waals surface area contributed by atoms with E-state index in [9.17, 15) is 8.78 Å². The third kappa shape index (κ3) is 2.67. The molecule has 0 fully saturated rings. The van der Waals surface area contributed by atoms with Crippen LogP contribution in [0, 0.1) is 5.41 Å². The molecule has 23 heavy (non-hydrogen) atoms. The van der Waals surface area contributed by atoms with Crippen molar-refractivity contribution in [3.05, 3.63) is 48.3 Å². The standard InChI is InChI=1S/C19H20F2N2/c1-4-18(2,3)19(20,21)12-14-11-13-7-5-9-22-16(13)17-15(14)8-6-10-23-17/h5-11H,4,12H2,1-3H3. The second-order valence-corrected chi connectivity index (χ2v) is 6.63. The van der Waals surface area contributed by atoms with E-state index in [1.807, 2.05) is 24.3 Å². The van der Waals surface area contributed by atoms with Gasteiger partial charge in [0.05, 0.1) is 11.0 Å². The lowest BCUT2D eigenvalue weighted by Crippen LogP contribution is -2.38. The number of nitrogens with zero attached hydrogens (tertiary/aromatic N) is 2. The Morgan fingerprint density at radius 3 is 2.35 bits per heavy atom. The second kappa shape index (κ2) is 5.52. The summed E-state index contributed by atoms with van der Waals surface area (Å²) in [4.78, 5) is 8.74. The minimum absolute atomic E-state index is 0.291. The zero-order chi connectivity index (χ0) is 16.7. The number of aromatic nitrogens is 2. The highest BCUT2D eigenvalue weighted by atomic mass is 19.3. The summed E-state index contributed by atoms with van der Waals surface area (Å²) >= 11 is 0. The van der Waals surface area contributed by atoms with Gasteiger partial charge in [-0.1, -0.05) is 32.9 Å². The first-order valence-electron chi connectivity index (χ1n) is 7.85. The summed E-state index contributed by atoms with van der Waals surface area (Å²) < 4.78 is 29.6. The van der Waals surface area contributed by atoms with E-state index in [0.29, 0.717) is 17.5 Å². The molecule has 2 aromatic heterocycles. The number of hydrogen-bond donors (Lipinski definition) is 0. The van der Waals surface area contributed by atoms with Gasteiger partial charge in [0.15, 0.2) is 0 Å². The number of hydrogen-bond acceptors (Lipinski definition) is 2. The number of rotatable bonds is 4. The van der Waals surface area contributed by atoms with E-state index in [4.69, 9.17) is 0 Å². The van der Waals surface area contributed by atoms with Crippen molar-refractivity contribution in [2.24, 2.45) is 5.41 Å². The molecular formula is C19H20F2N2. The highest BCUT2D eigenvalue weighted by Gasteiger charge is 2.45. The minimum atomic E-state index is -2.79. The van der Waals surface area contributed by atoms with Crippen LogP contribution in [0.15, 0.2) is 42.7 Å². The molecule has 0 bridgehead atoms. The fourth-order valence-electron chi connectivity index (χ4n) is 2.73. The third-order valence-electron chi connectivity index (χ3n) is 4.83. The number of halogens is 2. The van der Waals surface area contributed by atoms with Gasteiger partial charge in [-0.3, -0.25) is 9.97 Å². The fourth-order valence-corrected chi connectivity index (χ4v) is 2.73. The molecule has 1 aromatic carbocycles. The van der Waals surface area contributed by atoms with Crippen molar-refractivity contribution in [1.82, 2.24) is 9.97 Å². The van der Waals surface area contributed by atoms with Crippen molar-refractivity contribution < 1.29 is 8.78 Å². The van der Waals surface area contributed by atoms with Gasteiger partial charge in [-0.25, -0.2) is 8.78 Å². The van der Waals surface area contributed by atoms with E-state index in [1.54, 1.807) is 39.2 Å². The first-order chi connectivity index (χ1) is 10.9. The molecule has 0 amide bonds. The molecule has 2 nitrogen and oxygen atoms in total. The van der Waals surface area contributed by atoms with E-state index >= 15 is 0 Å². The predicted molar refractivity (Wildman–Crippen MR) is 89.8 cm³/mol. The third-order valence-corrected chi connectivity index (χ3v) is 4.83. The molecule has 2 heterocycles. The molecule has 0 aliphatic carbocycles. The Balaban J connectivity index is 2.20. The van der Waals surface area contributed by atoms with Gasteiger partial charge < -0.3 is 0 Å². The van der Waals surface area contributed by atoms with Crippen LogP contribution in [0.2, 0.25) is 0 Å². The van der Waals surface area contributed by atoms with Crippen LogP contribution in [0.5, 0.6) is 0 Å². The maximum Gasteiger partial charge on any atom is 0.257 e. The lowest BCUT2D eigenvalue weighted by Gasteiger charge is -2.33. The Morgan fingerprint density at radius 2 is 1.65 bits per heavy atom. The van der Waals surface area contributed by atoms with Crippen molar-refractivity contribution >= 4 is 21.8 Å². The molecule has 0 saturated carbocycles. The van der Waals surface area contributed by atoms with Crippen molar-refractivity contribution in [1.29, 1.82) is 0 Å². The van der Waals surface area contributed by atoms with Crippen LogP contribution in [0.1, 0.15) is 32.8 Å². The fraction of sp³-hybridized carbons (Fsp3) is 0.368. The zero-order valence-electron chi connectivity index (χ0n) is 13.6. The van der Waals surface area contributed by atoms with E-state index in [2.05, 4.69) is 9.97 Å². The summed E-state index contributed by atoms with van der Waals surface area (Å²) in [5, 5.41) is 1.60. The first kappa shape index (κ1) is 15.8.